The zero-order chi connectivity index (χ0) is 8.97. The number of benzene rings is 1. The predicted octanol–water partition coefficient (Wildman–Crippen LogP) is 0.549. The van der Waals surface area contributed by atoms with Crippen LogP contribution >= 0.6 is 0 Å². The quantitative estimate of drug-likeness (QED) is 0.346. The van der Waals surface area contributed by atoms with Crippen LogP contribution in [-0.2, 0) is 14.7 Å². The third-order valence-corrected chi connectivity index (χ3v) is 1.12. The molecule has 0 unspecified atom stereocenters. The van der Waals surface area contributed by atoms with Gasteiger partial charge in [-0.05, 0) is 12.1 Å². The van der Waals surface area contributed by atoms with Crippen molar-refractivity contribution < 1.29 is 19.4 Å². The lowest BCUT2D eigenvalue weighted by Gasteiger charge is -1.97. The van der Waals surface area contributed by atoms with Crippen LogP contribution in [0.5, 0.6) is 5.75 Å². The largest absolute Gasteiger partial charge is 0.463 e. The molecule has 0 saturated carbocycles. The van der Waals surface area contributed by atoms with Crippen molar-refractivity contribution in [2.24, 2.45) is 0 Å². The molecule has 0 aromatic heterocycles. The van der Waals surface area contributed by atoms with E-state index in [1.54, 1.807) is 18.2 Å². The molecule has 0 bridgehead atoms. The van der Waals surface area contributed by atoms with Crippen LogP contribution in [0.15, 0.2) is 30.3 Å². The number of hydrogen-bond acceptors (Lipinski definition) is 3. The third-order valence-electron chi connectivity index (χ3n) is 1.12. The molecule has 0 N–H and O–H groups in total. The van der Waals surface area contributed by atoms with Gasteiger partial charge in [-0.25, -0.2) is 14.7 Å². The number of hydrogen-bond donors (Lipinski definition) is 0. The molecule has 1 aromatic carbocycles. The molecule has 0 heterocycles. The minimum absolute atomic E-state index is 0.187. The van der Waals surface area contributed by atoms with E-state index in [1.807, 2.05) is 0 Å². The molecule has 0 aliphatic carbocycles. The first-order chi connectivity index (χ1) is 5.70. The Morgan fingerprint density at radius 3 is 2.17 bits per heavy atom. The molecule has 0 aliphatic heterocycles. The maximum atomic E-state index is 10.4. The van der Waals surface area contributed by atoms with Gasteiger partial charge in [0.05, 0.1) is 0 Å². The molecule has 1 rings (SSSR count). The highest BCUT2D eigenvalue weighted by Gasteiger charge is 2.15. The fraction of sp³-hybridized carbons (Fsp3) is 0. The van der Waals surface area contributed by atoms with Crippen LogP contribution in [-0.4, -0.2) is 11.9 Å². The Hall–Kier alpha value is -1.84. The number of carbonyl (C=O) groups excluding carboxylic acids is 2. The lowest BCUT2D eigenvalue weighted by Crippen LogP contribution is -2.17. The molecule has 0 atom stereocenters. The SMILES string of the molecule is [O]C(=O)C(=O)Oc1ccccc1. The summed E-state index contributed by atoms with van der Waals surface area (Å²) in [5.74, 6) is -3.05. The zero-order valence-electron chi connectivity index (χ0n) is 6.02. The second-order valence-electron chi connectivity index (χ2n) is 1.99. The van der Waals surface area contributed by atoms with Crippen LogP contribution in [0.2, 0.25) is 0 Å². The maximum absolute atomic E-state index is 10.4. The van der Waals surface area contributed by atoms with Crippen molar-refractivity contribution in [1.82, 2.24) is 0 Å². The highest BCUT2D eigenvalue weighted by molar-refractivity contribution is 6.29. The molecule has 0 aliphatic rings. The molecule has 12 heavy (non-hydrogen) atoms. The third kappa shape index (κ3) is 2.09. The summed E-state index contributed by atoms with van der Waals surface area (Å²) in [5.41, 5.74) is 0. The lowest BCUT2D eigenvalue weighted by molar-refractivity contribution is -0.162. The van der Waals surface area contributed by atoms with Crippen LogP contribution in [0.1, 0.15) is 0 Å². The summed E-state index contributed by atoms with van der Waals surface area (Å²) >= 11 is 0. The number of carbonyl (C=O) groups is 2. The van der Waals surface area contributed by atoms with Gasteiger partial charge in [0.2, 0.25) is 0 Å². The van der Waals surface area contributed by atoms with Crippen molar-refractivity contribution in [3.05, 3.63) is 30.3 Å². The predicted molar refractivity (Wildman–Crippen MR) is 37.8 cm³/mol. The molecule has 1 radical (unpaired) electrons. The Bertz CT molecular complexity index is 291. The van der Waals surface area contributed by atoms with E-state index in [1.165, 1.54) is 12.1 Å². The van der Waals surface area contributed by atoms with Crippen molar-refractivity contribution in [2.45, 2.75) is 0 Å². The van der Waals surface area contributed by atoms with Gasteiger partial charge in [-0.1, -0.05) is 18.2 Å². The first-order valence-electron chi connectivity index (χ1n) is 3.18. The van der Waals surface area contributed by atoms with Gasteiger partial charge >= 0.3 is 11.9 Å². The summed E-state index contributed by atoms with van der Waals surface area (Å²) in [5, 5.41) is 9.92. The average molecular weight is 165 g/mol. The minimum atomic E-state index is -1.85. The van der Waals surface area contributed by atoms with Gasteiger partial charge in [0.1, 0.15) is 5.75 Å². The average Bonchev–Trinajstić information content (AvgIpc) is 2.06. The fourth-order valence-corrected chi connectivity index (χ4v) is 0.637. The summed E-state index contributed by atoms with van der Waals surface area (Å²) < 4.78 is 4.37. The Kier molecular flexibility index (Phi) is 2.42. The van der Waals surface area contributed by atoms with Crippen molar-refractivity contribution in [3.63, 3.8) is 0 Å². The molecule has 0 spiro atoms. The standard InChI is InChI=1S/C8H5O4/c9-7(10)8(11)12-6-4-2-1-3-5-6/h1-5H. The van der Waals surface area contributed by atoms with Crippen LogP contribution in [0, 0.1) is 0 Å². The molecule has 4 heteroatoms. The number of esters is 1. The highest BCUT2D eigenvalue weighted by Crippen LogP contribution is 2.07. The van der Waals surface area contributed by atoms with E-state index < -0.39 is 11.9 Å². The molecule has 61 valence electrons. The topological polar surface area (TPSA) is 63.3 Å². The van der Waals surface area contributed by atoms with Gasteiger partial charge in [-0.2, -0.15) is 0 Å². The summed E-state index contributed by atoms with van der Waals surface area (Å²) in [4.78, 5) is 20.3. The second kappa shape index (κ2) is 3.52. The first-order valence-corrected chi connectivity index (χ1v) is 3.18. The molecule has 0 saturated heterocycles. The van der Waals surface area contributed by atoms with Crippen molar-refractivity contribution in [2.75, 3.05) is 0 Å². The van der Waals surface area contributed by atoms with Gasteiger partial charge in [0, 0.05) is 0 Å². The van der Waals surface area contributed by atoms with Crippen LogP contribution in [0.25, 0.3) is 0 Å². The Morgan fingerprint density at radius 1 is 1.08 bits per heavy atom. The smallest absolute Gasteiger partial charge is 0.418 e. The highest BCUT2D eigenvalue weighted by atomic mass is 16.6. The van der Waals surface area contributed by atoms with E-state index in [2.05, 4.69) is 4.74 Å². The van der Waals surface area contributed by atoms with E-state index in [9.17, 15) is 14.7 Å². The van der Waals surface area contributed by atoms with Crippen molar-refractivity contribution >= 4 is 11.9 Å². The number of rotatable bonds is 1. The van der Waals surface area contributed by atoms with E-state index in [0.29, 0.717) is 0 Å². The van der Waals surface area contributed by atoms with E-state index in [0.717, 1.165) is 0 Å². The summed E-state index contributed by atoms with van der Waals surface area (Å²) in [6.45, 7) is 0. The van der Waals surface area contributed by atoms with Gasteiger partial charge < -0.3 is 4.74 Å². The van der Waals surface area contributed by atoms with Crippen LogP contribution in [0.3, 0.4) is 0 Å². The molecular formula is C8H5O4. The second-order valence-corrected chi connectivity index (χ2v) is 1.99. The van der Waals surface area contributed by atoms with E-state index in [4.69, 9.17) is 0 Å². The van der Waals surface area contributed by atoms with Crippen molar-refractivity contribution in [3.8, 4) is 5.75 Å². The van der Waals surface area contributed by atoms with Gasteiger partial charge in [-0.15, -0.1) is 0 Å². The Balaban J connectivity index is 2.65. The molecule has 0 fully saturated rings. The van der Waals surface area contributed by atoms with Gasteiger partial charge in [-0.3, -0.25) is 0 Å². The Labute approximate surface area is 68.4 Å². The van der Waals surface area contributed by atoms with Crippen LogP contribution < -0.4 is 4.74 Å². The lowest BCUT2D eigenvalue weighted by atomic mass is 10.3. The van der Waals surface area contributed by atoms with E-state index in [-0.39, 0.29) is 5.75 Å². The molecular weight excluding hydrogens is 160 g/mol. The number of ether oxygens (including phenoxy) is 1. The molecule has 0 amide bonds. The normalized spacial score (nSPS) is 9.00. The van der Waals surface area contributed by atoms with Crippen molar-refractivity contribution in [1.29, 1.82) is 0 Å². The van der Waals surface area contributed by atoms with E-state index >= 15 is 0 Å². The summed E-state index contributed by atoms with van der Waals surface area (Å²) in [6.07, 6.45) is 0. The van der Waals surface area contributed by atoms with Crippen LogP contribution in [0.4, 0.5) is 0 Å². The minimum Gasteiger partial charge on any atom is -0.418 e. The summed E-state index contributed by atoms with van der Waals surface area (Å²) in [6, 6.07) is 7.91. The monoisotopic (exact) mass is 165 g/mol. The number of para-hydroxylation sites is 1. The fourth-order valence-electron chi connectivity index (χ4n) is 0.637. The van der Waals surface area contributed by atoms with Gasteiger partial charge in [0.25, 0.3) is 0 Å². The first kappa shape index (κ1) is 8.26. The maximum Gasteiger partial charge on any atom is 0.463 e. The molecule has 1 aromatic rings. The van der Waals surface area contributed by atoms with Gasteiger partial charge in [0.15, 0.2) is 0 Å². The zero-order valence-corrected chi connectivity index (χ0v) is 6.02. The molecule has 4 nitrogen and oxygen atoms in total. The summed E-state index contributed by atoms with van der Waals surface area (Å²) in [7, 11) is 0. The Morgan fingerprint density at radius 2 is 1.67 bits per heavy atom.